The van der Waals surface area contributed by atoms with Crippen molar-refractivity contribution in [2.75, 3.05) is 63.1 Å². The van der Waals surface area contributed by atoms with Crippen LogP contribution in [-0.2, 0) is 27.4 Å². The quantitative estimate of drug-likeness (QED) is 0.0850. The summed E-state index contributed by atoms with van der Waals surface area (Å²) in [6, 6.07) is 12.1. The molecule has 4 aromatic rings. The van der Waals surface area contributed by atoms with E-state index in [1.54, 1.807) is 48.1 Å². The molecule has 63 heavy (non-hydrogen) atoms. The van der Waals surface area contributed by atoms with Gasteiger partial charge in [-0.05, 0) is 123 Å². The Balaban J connectivity index is 0.000000185. The molecule has 0 bridgehead atoms. The Morgan fingerprint density at radius 1 is 0.746 bits per heavy atom. The zero-order valence-corrected chi connectivity index (χ0v) is 41.0. The molecule has 4 aliphatic rings. The first-order valence-corrected chi connectivity index (χ1v) is 25.0. The van der Waals surface area contributed by atoms with E-state index in [1.807, 2.05) is 39.0 Å². The molecule has 4 aromatic heterocycles. The van der Waals surface area contributed by atoms with Gasteiger partial charge in [-0.1, -0.05) is 44.0 Å². The van der Waals surface area contributed by atoms with Gasteiger partial charge < -0.3 is 35.0 Å². The molecule has 17 heteroatoms. The fourth-order valence-corrected chi connectivity index (χ4v) is 9.22. The molecule has 2 saturated carbocycles. The van der Waals surface area contributed by atoms with Crippen LogP contribution in [0.2, 0.25) is 8.67 Å². The predicted octanol–water partition coefficient (Wildman–Crippen LogP) is 10.5. The average Bonchev–Trinajstić information content (AvgIpc) is 4.02. The van der Waals surface area contributed by atoms with Crippen LogP contribution in [0.1, 0.15) is 131 Å². The van der Waals surface area contributed by atoms with Gasteiger partial charge in [-0.2, -0.15) is 14.9 Å². The molecule has 4 fully saturated rings. The standard InChI is InChI=1S/C23H33ClN4O2S.C18H25ClN4OS.C5H10O2/c1-23(2,3)22(29)28-21(25-15-18-6-7-20(24)31-18)14-19(26-28)16-8-10-27(11-9-16)12-13-30-17-4-5-17;19-17-4-3-15(25-17)12-20-18-11-16(21-22-18)13-5-7-23(8-6-13)9-10-24-14-1-2-14;1-5(2,3)4(6)7/h6-7,14,16-17,25H,4-5,8-13,15H2,1-3H3;3-4,11,13-14H,1-2,5-10,12H2,(H2,20,21,22);1-3H3,(H,6,7). The summed E-state index contributed by atoms with van der Waals surface area (Å²) in [5, 5.41) is 27.4. The van der Waals surface area contributed by atoms with Gasteiger partial charge >= 0.3 is 5.97 Å². The number of halogens is 2. The van der Waals surface area contributed by atoms with Gasteiger partial charge in [0, 0.05) is 57.9 Å². The van der Waals surface area contributed by atoms with Crippen LogP contribution in [-0.4, -0.2) is 111 Å². The Labute approximate surface area is 391 Å². The third-order valence-electron chi connectivity index (χ3n) is 11.6. The number of hydrogen-bond acceptors (Lipinski definition) is 12. The summed E-state index contributed by atoms with van der Waals surface area (Å²) in [5.74, 6) is 1.89. The molecule has 2 saturated heterocycles. The summed E-state index contributed by atoms with van der Waals surface area (Å²) in [6.45, 7) is 20.4. The zero-order chi connectivity index (χ0) is 45.1. The fraction of sp³-hybridized carbons (Fsp3) is 0.652. The van der Waals surface area contributed by atoms with E-state index in [0.717, 1.165) is 103 Å². The van der Waals surface area contributed by atoms with Gasteiger partial charge in [0.1, 0.15) is 11.6 Å². The zero-order valence-electron chi connectivity index (χ0n) is 37.9. The van der Waals surface area contributed by atoms with Crippen LogP contribution < -0.4 is 10.6 Å². The first kappa shape index (κ1) is 49.4. The second kappa shape index (κ2) is 22.9. The fourth-order valence-electron chi connectivity index (χ4n) is 7.17. The first-order chi connectivity index (χ1) is 30.0. The van der Waals surface area contributed by atoms with Crippen molar-refractivity contribution in [1.29, 1.82) is 0 Å². The summed E-state index contributed by atoms with van der Waals surface area (Å²) in [6.07, 6.45) is 10.6. The number of rotatable bonds is 16. The molecular weight excluding hydrogens is 880 g/mol. The van der Waals surface area contributed by atoms with Crippen LogP contribution in [0.25, 0.3) is 0 Å². The number of carbonyl (C=O) groups is 2. The topological polar surface area (TPSA) is 150 Å². The maximum absolute atomic E-state index is 13.0. The number of carboxylic acids is 1. The van der Waals surface area contributed by atoms with Crippen molar-refractivity contribution in [3.05, 3.63) is 66.2 Å². The number of piperidine rings is 2. The maximum atomic E-state index is 13.0. The molecule has 13 nitrogen and oxygen atoms in total. The number of aliphatic carboxylic acids is 1. The Kier molecular flexibility index (Phi) is 18.0. The number of carboxylic acid groups (broad SMARTS) is 1. The third-order valence-corrected chi connectivity index (χ3v) is 14.0. The molecule has 8 rings (SSSR count). The van der Waals surface area contributed by atoms with Crippen molar-refractivity contribution in [2.24, 2.45) is 10.8 Å². The van der Waals surface area contributed by atoms with E-state index in [4.69, 9.17) is 42.9 Å². The highest BCUT2D eigenvalue weighted by molar-refractivity contribution is 7.16. The Hall–Kier alpha value is -3.02. The molecule has 0 radical (unpaired) electrons. The minimum atomic E-state index is -0.757. The van der Waals surface area contributed by atoms with Crippen molar-refractivity contribution in [2.45, 2.75) is 130 Å². The third kappa shape index (κ3) is 16.4. The maximum Gasteiger partial charge on any atom is 0.308 e. The molecule has 0 amide bonds. The molecule has 348 valence electrons. The van der Waals surface area contributed by atoms with E-state index < -0.39 is 16.8 Å². The van der Waals surface area contributed by atoms with Gasteiger partial charge in [0.05, 0.1) is 58.3 Å². The molecular formula is C46H68Cl2N8O5S2. The number of anilines is 2. The Bertz CT molecular complexity index is 2030. The monoisotopic (exact) mass is 946 g/mol. The van der Waals surface area contributed by atoms with Gasteiger partial charge in [-0.25, -0.2) is 0 Å². The minimum absolute atomic E-state index is 0.000114. The minimum Gasteiger partial charge on any atom is -0.481 e. The Morgan fingerprint density at radius 3 is 1.68 bits per heavy atom. The number of nitrogens with one attached hydrogen (secondary N) is 3. The molecule has 0 unspecified atom stereocenters. The highest BCUT2D eigenvalue weighted by Crippen LogP contribution is 2.33. The van der Waals surface area contributed by atoms with Crippen LogP contribution in [0, 0.1) is 10.8 Å². The number of thiophene rings is 2. The number of likely N-dealkylation sites (tertiary alicyclic amines) is 2. The van der Waals surface area contributed by atoms with Gasteiger partial charge in [0.25, 0.3) is 5.91 Å². The SMILES string of the molecule is CC(C)(C)C(=O)O.CC(C)(C)C(=O)n1nc(C2CCN(CCOC3CC3)CC2)cc1NCc1ccc(Cl)s1.Clc1ccc(CNc2cc(C3CCN(CCOC4CC4)CC3)[nH]n2)s1. The van der Waals surface area contributed by atoms with E-state index in [0.29, 0.717) is 30.6 Å². The van der Waals surface area contributed by atoms with Crippen molar-refractivity contribution in [1.82, 2.24) is 29.8 Å². The molecule has 4 N–H and O–H groups in total. The summed E-state index contributed by atoms with van der Waals surface area (Å²) in [7, 11) is 0. The lowest BCUT2D eigenvalue weighted by Crippen LogP contribution is -2.35. The lowest BCUT2D eigenvalue weighted by atomic mass is 9.93. The highest BCUT2D eigenvalue weighted by Gasteiger charge is 2.30. The van der Waals surface area contributed by atoms with Crippen LogP contribution in [0.3, 0.4) is 0 Å². The van der Waals surface area contributed by atoms with E-state index in [-0.39, 0.29) is 5.91 Å². The van der Waals surface area contributed by atoms with E-state index >= 15 is 0 Å². The lowest BCUT2D eigenvalue weighted by molar-refractivity contribution is -0.145. The van der Waals surface area contributed by atoms with Crippen LogP contribution in [0.15, 0.2) is 36.4 Å². The normalized spacial score (nSPS) is 18.0. The van der Waals surface area contributed by atoms with Crippen LogP contribution >= 0.6 is 45.9 Å². The number of nitrogens with zero attached hydrogens (tertiary/aromatic N) is 5. The Morgan fingerprint density at radius 2 is 1.24 bits per heavy atom. The van der Waals surface area contributed by atoms with E-state index in [2.05, 4.69) is 48.8 Å². The summed E-state index contributed by atoms with van der Waals surface area (Å²) in [5.41, 5.74) is 1.18. The number of aromatic nitrogens is 4. The van der Waals surface area contributed by atoms with Crippen molar-refractivity contribution >= 4 is 69.4 Å². The van der Waals surface area contributed by atoms with Gasteiger partial charge in [-0.3, -0.25) is 14.7 Å². The average molecular weight is 948 g/mol. The van der Waals surface area contributed by atoms with Gasteiger partial charge in [0.2, 0.25) is 0 Å². The van der Waals surface area contributed by atoms with Crippen molar-refractivity contribution < 1.29 is 24.2 Å². The number of hydrogen-bond donors (Lipinski definition) is 4. The number of H-pyrrole nitrogens is 1. The summed E-state index contributed by atoms with van der Waals surface area (Å²) < 4.78 is 14.7. The van der Waals surface area contributed by atoms with Gasteiger partial charge in [-0.15, -0.1) is 22.7 Å². The second-order valence-electron chi connectivity index (χ2n) is 19.2. The number of carbonyl (C=O) groups excluding carboxylic acids is 1. The van der Waals surface area contributed by atoms with E-state index in [1.165, 1.54) is 49.1 Å². The molecule has 6 heterocycles. The van der Waals surface area contributed by atoms with Gasteiger partial charge in [0.15, 0.2) is 0 Å². The summed E-state index contributed by atoms with van der Waals surface area (Å²) in [4.78, 5) is 30.4. The smallest absolute Gasteiger partial charge is 0.308 e. The molecule has 0 spiro atoms. The molecule has 0 aromatic carbocycles. The molecule has 2 aliphatic heterocycles. The second-order valence-corrected chi connectivity index (χ2v) is 22.8. The largest absolute Gasteiger partial charge is 0.481 e. The van der Waals surface area contributed by atoms with Crippen LogP contribution in [0.4, 0.5) is 11.6 Å². The van der Waals surface area contributed by atoms with Crippen molar-refractivity contribution in [3.8, 4) is 0 Å². The predicted molar refractivity (Wildman–Crippen MR) is 256 cm³/mol. The molecule has 0 atom stereocenters. The van der Waals surface area contributed by atoms with E-state index in [9.17, 15) is 9.59 Å². The lowest BCUT2D eigenvalue weighted by Gasteiger charge is -2.31. The number of ether oxygens (including phenoxy) is 2. The van der Waals surface area contributed by atoms with Crippen LogP contribution in [0.5, 0.6) is 0 Å². The summed E-state index contributed by atoms with van der Waals surface area (Å²) >= 11 is 15.2. The van der Waals surface area contributed by atoms with Crippen molar-refractivity contribution in [3.63, 3.8) is 0 Å². The number of aromatic amines is 1. The highest BCUT2D eigenvalue weighted by atomic mass is 35.5. The molecule has 2 aliphatic carbocycles. The first-order valence-electron chi connectivity index (χ1n) is 22.6.